The van der Waals surface area contributed by atoms with Crippen molar-refractivity contribution < 1.29 is 24.2 Å². The number of carbonyl (C=O) groups excluding carboxylic acids is 2. The lowest BCUT2D eigenvalue weighted by Crippen LogP contribution is -2.54. The van der Waals surface area contributed by atoms with Crippen LogP contribution in [0, 0.1) is 0 Å². The zero-order valence-corrected chi connectivity index (χ0v) is 20.9. The van der Waals surface area contributed by atoms with Crippen LogP contribution in [0.3, 0.4) is 0 Å². The summed E-state index contributed by atoms with van der Waals surface area (Å²) in [5.41, 5.74) is 5.46. The number of ether oxygens (including phenoxy) is 1. The molecule has 0 spiro atoms. The molecule has 0 aromatic heterocycles. The van der Waals surface area contributed by atoms with E-state index in [0.29, 0.717) is 6.54 Å². The van der Waals surface area contributed by atoms with Crippen molar-refractivity contribution in [1.29, 1.82) is 0 Å². The minimum atomic E-state index is -1.16. The van der Waals surface area contributed by atoms with Crippen LogP contribution in [0.25, 0.3) is 11.1 Å². The van der Waals surface area contributed by atoms with E-state index in [-0.39, 0.29) is 19.1 Å². The number of carbonyl (C=O) groups is 3. The fourth-order valence-electron chi connectivity index (χ4n) is 4.62. The molecule has 0 saturated heterocycles. The maximum atomic E-state index is 12.9. The zero-order chi connectivity index (χ0) is 26.4. The first-order valence-electron chi connectivity index (χ1n) is 12.2. The molecule has 8 nitrogen and oxygen atoms in total. The van der Waals surface area contributed by atoms with Crippen molar-refractivity contribution in [3.05, 3.63) is 95.6 Å². The Kier molecular flexibility index (Phi) is 8.20. The van der Waals surface area contributed by atoms with Crippen molar-refractivity contribution in [2.45, 2.75) is 31.5 Å². The van der Waals surface area contributed by atoms with E-state index in [4.69, 9.17) is 4.74 Å². The highest BCUT2D eigenvalue weighted by Crippen LogP contribution is 2.44. The molecule has 8 heteroatoms. The van der Waals surface area contributed by atoms with Gasteiger partial charge in [-0.2, -0.15) is 0 Å². The maximum Gasteiger partial charge on any atom is 0.407 e. The second-order valence-corrected chi connectivity index (χ2v) is 9.27. The van der Waals surface area contributed by atoms with Crippen molar-refractivity contribution >= 4 is 18.0 Å². The van der Waals surface area contributed by atoms with Crippen molar-refractivity contribution in [3.63, 3.8) is 0 Å². The number of nitrogens with zero attached hydrogens (tertiary/aromatic N) is 1. The second-order valence-electron chi connectivity index (χ2n) is 9.27. The monoisotopic (exact) mass is 501 g/mol. The van der Waals surface area contributed by atoms with E-state index in [0.717, 1.165) is 27.8 Å². The molecule has 1 aliphatic rings. The number of carboxylic acids is 1. The Labute approximate surface area is 216 Å². The summed E-state index contributed by atoms with van der Waals surface area (Å²) >= 11 is 0. The van der Waals surface area contributed by atoms with E-state index >= 15 is 0 Å². The van der Waals surface area contributed by atoms with E-state index in [1.54, 1.807) is 0 Å². The lowest BCUT2D eigenvalue weighted by Gasteiger charge is -2.25. The maximum absolute atomic E-state index is 12.9. The van der Waals surface area contributed by atoms with Crippen molar-refractivity contribution in [1.82, 2.24) is 15.5 Å². The number of amides is 2. The number of rotatable bonds is 10. The molecule has 0 bridgehead atoms. The minimum absolute atomic E-state index is 0.111. The number of aliphatic carboxylic acids is 1. The van der Waals surface area contributed by atoms with Gasteiger partial charge in [0.05, 0.1) is 0 Å². The number of fused-ring (bicyclic) bond motifs is 3. The molecule has 0 aliphatic heterocycles. The second kappa shape index (κ2) is 11.7. The fraction of sp³-hybridized carbons (Fsp3) is 0.276. The summed E-state index contributed by atoms with van der Waals surface area (Å²) in [4.78, 5) is 38.9. The van der Waals surface area contributed by atoms with Gasteiger partial charge in [-0.15, -0.1) is 0 Å². The smallest absolute Gasteiger partial charge is 0.407 e. The number of hydrogen-bond donors (Lipinski definition) is 3. The summed E-state index contributed by atoms with van der Waals surface area (Å²) < 4.78 is 5.61. The number of alkyl carbamates (subject to hydrolysis) is 1. The lowest BCUT2D eigenvalue weighted by atomic mass is 9.98. The van der Waals surface area contributed by atoms with Gasteiger partial charge in [-0.05, 0) is 41.8 Å². The summed E-state index contributed by atoms with van der Waals surface area (Å²) in [6.45, 7) is 2.20. The third-order valence-electron chi connectivity index (χ3n) is 6.47. The highest BCUT2D eigenvalue weighted by atomic mass is 16.5. The van der Waals surface area contributed by atoms with Gasteiger partial charge in [-0.1, -0.05) is 78.9 Å². The predicted octanol–water partition coefficient (Wildman–Crippen LogP) is 3.62. The Hall–Kier alpha value is -4.17. The Morgan fingerprint density at radius 1 is 0.892 bits per heavy atom. The summed E-state index contributed by atoms with van der Waals surface area (Å²) in [6.07, 6.45) is -0.738. The molecular formula is C29H31N3O5. The third-order valence-corrected chi connectivity index (χ3v) is 6.47. The van der Waals surface area contributed by atoms with Gasteiger partial charge in [0.1, 0.15) is 18.7 Å². The van der Waals surface area contributed by atoms with Crippen molar-refractivity contribution in [3.8, 4) is 11.1 Å². The topological polar surface area (TPSA) is 108 Å². The summed E-state index contributed by atoms with van der Waals surface area (Å²) in [5, 5.41) is 14.3. The normalized spacial score (nSPS) is 13.8. The summed E-state index contributed by atoms with van der Waals surface area (Å²) in [7, 11) is 1.83. The average Bonchev–Trinajstić information content (AvgIpc) is 3.21. The summed E-state index contributed by atoms with van der Waals surface area (Å²) in [5.74, 6) is -1.87. The Balaban J connectivity index is 1.43. The predicted molar refractivity (Wildman–Crippen MR) is 140 cm³/mol. The molecule has 3 N–H and O–H groups in total. The van der Waals surface area contributed by atoms with Gasteiger partial charge in [-0.25, -0.2) is 4.79 Å². The largest absolute Gasteiger partial charge is 0.480 e. The van der Waals surface area contributed by atoms with Crippen LogP contribution in [-0.4, -0.2) is 60.3 Å². The first kappa shape index (κ1) is 25.9. The van der Waals surface area contributed by atoms with Crippen LogP contribution < -0.4 is 10.6 Å². The molecular weight excluding hydrogens is 470 g/mol. The van der Waals surface area contributed by atoms with E-state index in [1.165, 1.54) is 6.92 Å². The average molecular weight is 502 g/mol. The molecule has 0 saturated carbocycles. The number of benzene rings is 3. The fourth-order valence-corrected chi connectivity index (χ4v) is 4.62. The van der Waals surface area contributed by atoms with E-state index < -0.39 is 30.1 Å². The number of carboxylic acid groups (broad SMARTS) is 1. The number of likely N-dealkylation sites (N-methyl/N-ethyl adjacent to an activating group) is 1. The SMILES string of the molecule is C[C@H](NC(=O)C(CN(C)Cc1ccccc1)NC(=O)OCC1c2ccccc2-c2ccccc21)C(=O)O. The van der Waals surface area contributed by atoms with E-state index in [9.17, 15) is 19.5 Å². The molecule has 4 rings (SSSR count). The molecule has 1 unspecified atom stereocenters. The highest BCUT2D eigenvalue weighted by molar-refractivity contribution is 5.89. The minimum Gasteiger partial charge on any atom is -0.480 e. The van der Waals surface area contributed by atoms with Crippen LogP contribution in [0.5, 0.6) is 0 Å². The zero-order valence-electron chi connectivity index (χ0n) is 20.9. The van der Waals surface area contributed by atoms with Gasteiger partial charge >= 0.3 is 12.1 Å². The van der Waals surface area contributed by atoms with Crippen LogP contribution in [0.4, 0.5) is 4.79 Å². The van der Waals surface area contributed by atoms with Gasteiger partial charge in [0.2, 0.25) is 5.91 Å². The highest BCUT2D eigenvalue weighted by Gasteiger charge is 2.30. The third kappa shape index (κ3) is 6.34. The Morgan fingerprint density at radius 3 is 2.05 bits per heavy atom. The van der Waals surface area contributed by atoms with Gasteiger partial charge in [0.15, 0.2) is 0 Å². The molecule has 2 amide bonds. The first-order valence-corrected chi connectivity index (χ1v) is 12.2. The van der Waals surface area contributed by atoms with Gasteiger partial charge < -0.3 is 20.5 Å². The Morgan fingerprint density at radius 2 is 1.46 bits per heavy atom. The van der Waals surface area contributed by atoms with E-state index in [1.807, 2.05) is 78.7 Å². The first-order chi connectivity index (χ1) is 17.8. The van der Waals surface area contributed by atoms with Crippen molar-refractivity contribution in [2.75, 3.05) is 20.2 Å². The molecule has 1 aliphatic carbocycles. The molecule has 37 heavy (non-hydrogen) atoms. The molecule has 3 aromatic rings. The van der Waals surface area contributed by atoms with Gasteiger partial charge in [0.25, 0.3) is 0 Å². The standard InChI is InChI=1S/C29H31N3O5/c1-19(28(34)35)30-27(33)26(17-32(2)16-20-10-4-3-5-11-20)31-29(36)37-18-25-23-14-8-6-12-21(23)22-13-7-9-15-24(22)25/h3-15,19,25-26H,16-18H2,1-2H3,(H,30,33)(H,31,36)(H,34,35)/t19-,26?/m0/s1. The quantitative estimate of drug-likeness (QED) is 0.392. The molecule has 0 radical (unpaired) electrons. The van der Waals surface area contributed by atoms with Crippen LogP contribution in [0.2, 0.25) is 0 Å². The van der Waals surface area contributed by atoms with E-state index in [2.05, 4.69) is 22.8 Å². The van der Waals surface area contributed by atoms with Gasteiger partial charge in [0, 0.05) is 19.0 Å². The van der Waals surface area contributed by atoms with Crippen LogP contribution in [0.1, 0.15) is 29.5 Å². The van der Waals surface area contributed by atoms with Crippen LogP contribution >= 0.6 is 0 Å². The molecule has 0 heterocycles. The Bertz CT molecular complexity index is 1220. The molecule has 0 fully saturated rings. The number of hydrogen-bond acceptors (Lipinski definition) is 5. The molecule has 3 aromatic carbocycles. The molecule has 192 valence electrons. The molecule has 2 atom stereocenters. The number of nitrogens with one attached hydrogen (secondary N) is 2. The van der Waals surface area contributed by atoms with Crippen LogP contribution in [-0.2, 0) is 20.9 Å². The van der Waals surface area contributed by atoms with Crippen molar-refractivity contribution in [2.24, 2.45) is 0 Å². The lowest BCUT2D eigenvalue weighted by molar-refractivity contribution is -0.141. The van der Waals surface area contributed by atoms with Crippen LogP contribution in [0.15, 0.2) is 78.9 Å². The van der Waals surface area contributed by atoms with Gasteiger partial charge in [-0.3, -0.25) is 14.5 Å². The summed E-state index contributed by atoms with van der Waals surface area (Å²) in [6, 6.07) is 23.7.